The van der Waals surface area contributed by atoms with Gasteiger partial charge in [-0.3, -0.25) is 9.59 Å². The monoisotopic (exact) mass is 414 g/mol. The van der Waals surface area contributed by atoms with Crippen molar-refractivity contribution >= 4 is 39.1 Å². The highest BCUT2D eigenvalue weighted by Gasteiger charge is 2.44. The van der Waals surface area contributed by atoms with E-state index in [-0.39, 0.29) is 11.3 Å². The van der Waals surface area contributed by atoms with Gasteiger partial charge < -0.3 is 14.9 Å². The molecule has 2 aromatic carbocycles. The van der Waals surface area contributed by atoms with Gasteiger partial charge >= 0.3 is 0 Å². The maximum Gasteiger partial charge on any atom is 0.295 e. The van der Waals surface area contributed by atoms with Gasteiger partial charge in [-0.1, -0.05) is 40.2 Å². The first-order valence-corrected chi connectivity index (χ1v) is 8.88. The second-order valence-corrected chi connectivity index (χ2v) is 7.32. The third-order valence-electron chi connectivity index (χ3n) is 4.52. The summed E-state index contributed by atoms with van der Waals surface area (Å²) in [7, 11) is 5.45. The molecular formula is C20H19BrN2O3. The zero-order chi connectivity index (χ0) is 19.0. The fourth-order valence-corrected chi connectivity index (χ4v) is 3.32. The number of aliphatic hydroxyl groups excluding tert-OH is 1. The third kappa shape index (κ3) is 3.12. The lowest BCUT2D eigenvalue weighted by Crippen LogP contribution is -2.24. The van der Waals surface area contributed by atoms with Gasteiger partial charge in [0, 0.05) is 36.9 Å². The maximum atomic E-state index is 12.5. The van der Waals surface area contributed by atoms with E-state index in [1.807, 2.05) is 43.3 Å². The number of likely N-dealkylation sites (tertiary alicyclic amines) is 1. The molecule has 5 nitrogen and oxygen atoms in total. The Morgan fingerprint density at radius 2 is 1.62 bits per heavy atom. The van der Waals surface area contributed by atoms with Crippen LogP contribution in [0, 0.1) is 0 Å². The van der Waals surface area contributed by atoms with Crippen LogP contribution in [0.1, 0.15) is 17.2 Å². The molecule has 1 saturated heterocycles. The molecule has 0 bridgehead atoms. The summed E-state index contributed by atoms with van der Waals surface area (Å²) in [6.45, 7) is 0. The molecule has 6 heteroatoms. The van der Waals surface area contributed by atoms with Crippen molar-refractivity contribution in [1.82, 2.24) is 4.90 Å². The summed E-state index contributed by atoms with van der Waals surface area (Å²) in [5, 5.41) is 10.7. The average Bonchev–Trinajstić information content (AvgIpc) is 2.86. The van der Waals surface area contributed by atoms with Gasteiger partial charge in [-0.2, -0.15) is 0 Å². The van der Waals surface area contributed by atoms with Gasteiger partial charge in [0.25, 0.3) is 11.7 Å². The predicted molar refractivity (Wildman–Crippen MR) is 105 cm³/mol. The topological polar surface area (TPSA) is 60.9 Å². The van der Waals surface area contributed by atoms with E-state index >= 15 is 0 Å². The molecule has 134 valence electrons. The summed E-state index contributed by atoms with van der Waals surface area (Å²) < 4.78 is 0.862. The highest BCUT2D eigenvalue weighted by atomic mass is 79.9. The lowest BCUT2D eigenvalue weighted by Gasteiger charge is -2.22. The first-order chi connectivity index (χ1) is 12.3. The molecule has 0 spiro atoms. The Labute approximate surface area is 160 Å². The number of anilines is 1. The molecule has 1 atom stereocenters. The number of ketones is 1. The summed E-state index contributed by atoms with van der Waals surface area (Å²) in [6.07, 6.45) is 0. The van der Waals surface area contributed by atoms with E-state index in [2.05, 4.69) is 15.9 Å². The first-order valence-electron chi connectivity index (χ1n) is 8.09. The second kappa shape index (κ2) is 6.96. The predicted octanol–water partition coefficient (Wildman–Crippen LogP) is 3.57. The minimum atomic E-state index is -0.672. The van der Waals surface area contributed by atoms with Crippen molar-refractivity contribution in [3.05, 3.63) is 69.7 Å². The van der Waals surface area contributed by atoms with Gasteiger partial charge in [-0.15, -0.1) is 0 Å². The second-order valence-electron chi connectivity index (χ2n) is 6.40. The van der Waals surface area contributed by atoms with E-state index in [4.69, 9.17) is 0 Å². The van der Waals surface area contributed by atoms with Gasteiger partial charge in [0.05, 0.1) is 11.6 Å². The molecule has 1 fully saturated rings. The van der Waals surface area contributed by atoms with Crippen molar-refractivity contribution in [2.75, 3.05) is 26.0 Å². The van der Waals surface area contributed by atoms with E-state index in [0.29, 0.717) is 5.56 Å². The lowest BCUT2D eigenvalue weighted by atomic mass is 9.95. The summed E-state index contributed by atoms with van der Waals surface area (Å²) >= 11 is 3.35. The van der Waals surface area contributed by atoms with Gasteiger partial charge in [-0.05, 0) is 29.8 Å². The summed E-state index contributed by atoms with van der Waals surface area (Å²) in [6, 6.07) is 13.9. The van der Waals surface area contributed by atoms with Gasteiger partial charge in [-0.25, -0.2) is 0 Å². The number of benzene rings is 2. The third-order valence-corrected chi connectivity index (χ3v) is 5.05. The largest absolute Gasteiger partial charge is 0.507 e. The molecule has 0 saturated carbocycles. The van der Waals surface area contributed by atoms with Crippen LogP contribution in [0.5, 0.6) is 0 Å². The van der Waals surface area contributed by atoms with E-state index in [9.17, 15) is 14.7 Å². The van der Waals surface area contributed by atoms with Crippen molar-refractivity contribution in [1.29, 1.82) is 0 Å². The molecule has 1 heterocycles. The first kappa shape index (κ1) is 18.2. The summed E-state index contributed by atoms with van der Waals surface area (Å²) in [4.78, 5) is 28.1. The van der Waals surface area contributed by atoms with Crippen molar-refractivity contribution < 1.29 is 14.7 Å². The van der Waals surface area contributed by atoms with E-state index in [0.717, 1.165) is 15.7 Å². The number of amides is 1. The van der Waals surface area contributed by atoms with Crippen molar-refractivity contribution in [3.63, 3.8) is 0 Å². The van der Waals surface area contributed by atoms with Gasteiger partial charge in [0.15, 0.2) is 0 Å². The molecular weight excluding hydrogens is 396 g/mol. The molecule has 1 amide bonds. The number of likely N-dealkylation sites (N-methyl/N-ethyl adjacent to an activating group) is 1. The number of Topliss-reactive ketones (excluding diaryl/α,β-unsaturated/α-hetero) is 1. The summed E-state index contributed by atoms with van der Waals surface area (Å²) in [5.41, 5.74) is 2.39. The van der Waals surface area contributed by atoms with Crippen molar-refractivity contribution in [3.8, 4) is 0 Å². The lowest BCUT2D eigenvalue weighted by molar-refractivity contribution is -0.139. The average molecular weight is 415 g/mol. The number of hydrogen-bond donors (Lipinski definition) is 1. The number of aliphatic hydroxyl groups is 1. The minimum Gasteiger partial charge on any atom is -0.507 e. The van der Waals surface area contributed by atoms with Crippen LogP contribution < -0.4 is 4.90 Å². The van der Waals surface area contributed by atoms with Crippen LogP contribution >= 0.6 is 15.9 Å². The van der Waals surface area contributed by atoms with E-state index in [1.54, 1.807) is 31.3 Å². The number of carbonyl (C=O) groups is 2. The fraction of sp³-hybridized carbons (Fsp3) is 0.200. The maximum absolute atomic E-state index is 12.5. The van der Waals surface area contributed by atoms with Gasteiger partial charge in [0.1, 0.15) is 5.76 Å². The Kier molecular flexibility index (Phi) is 4.87. The molecule has 0 aromatic heterocycles. The Bertz CT molecular complexity index is 886. The number of carbonyl (C=O) groups excluding carboxylic acids is 2. The van der Waals surface area contributed by atoms with Crippen LogP contribution in [-0.2, 0) is 9.59 Å². The smallest absolute Gasteiger partial charge is 0.295 e. The Balaban J connectivity index is 2.11. The zero-order valence-corrected chi connectivity index (χ0v) is 16.3. The van der Waals surface area contributed by atoms with Crippen LogP contribution in [0.2, 0.25) is 0 Å². The fourth-order valence-electron chi connectivity index (χ4n) is 3.06. The summed E-state index contributed by atoms with van der Waals surface area (Å²) in [5.74, 6) is -1.46. The van der Waals surface area contributed by atoms with Crippen molar-refractivity contribution in [2.24, 2.45) is 0 Å². The molecule has 2 aromatic rings. The SMILES string of the molecule is CN(C)c1ccc(C2/C(=C(\O)c3ccc(Br)cc3)C(=O)C(=O)N2C)cc1. The van der Waals surface area contributed by atoms with Crippen LogP contribution in [0.15, 0.2) is 58.6 Å². The number of nitrogens with zero attached hydrogens (tertiary/aromatic N) is 2. The molecule has 1 aliphatic rings. The van der Waals surface area contributed by atoms with Crippen LogP contribution in [0.4, 0.5) is 5.69 Å². The Hall–Kier alpha value is -2.60. The zero-order valence-electron chi connectivity index (χ0n) is 14.7. The van der Waals surface area contributed by atoms with E-state index in [1.165, 1.54) is 4.90 Å². The molecule has 26 heavy (non-hydrogen) atoms. The quantitative estimate of drug-likeness (QED) is 0.473. The molecule has 0 aliphatic carbocycles. The molecule has 1 unspecified atom stereocenters. The van der Waals surface area contributed by atoms with E-state index < -0.39 is 17.7 Å². The van der Waals surface area contributed by atoms with Crippen LogP contribution in [0.3, 0.4) is 0 Å². The molecule has 1 aliphatic heterocycles. The Morgan fingerprint density at radius 3 is 2.15 bits per heavy atom. The standard InChI is InChI=1S/C20H19BrN2O3/c1-22(2)15-10-6-12(7-11-15)17-16(19(25)20(26)23(17)3)18(24)13-4-8-14(21)9-5-13/h4-11,17,24H,1-3H3/b18-16+. The highest BCUT2D eigenvalue weighted by Crippen LogP contribution is 2.38. The molecule has 1 N–H and O–H groups in total. The number of hydrogen-bond acceptors (Lipinski definition) is 4. The van der Waals surface area contributed by atoms with Crippen LogP contribution in [-0.4, -0.2) is 42.8 Å². The van der Waals surface area contributed by atoms with Crippen LogP contribution in [0.25, 0.3) is 5.76 Å². The van der Waals surface area contributed by atoms with Gasteiger partial charge in [0.2, 0.25) is 0 Å². The molecule has 3 rings (SSSR count). The minimum absolute atomic E-state index is 0.109. The normalized spacial score (nSPS) is 19.1. The Morgan fingerprint density at radius 1 is 1.04 bits per heavy atom. The highest BCUT2D eigenvalue weighted by molar-refractivity contribution is 9.10. The van der Waals surface area contributed by atoms with Crippen molar-refractivity contribution in [2.45, 2.75) is 6.04 Å². The number of rotatable bonds is 3. The molecule has 0 radical (unpaired) electrons. The number of halogens is 1.